The van der Waals surface area contributed by atoms with E-state index in [4.69, 9.17) is 4.74 Å². The summed E-state index contributed by atoms with van der Waals surface area (Å²) in [6, 6.07) is 3.78. The van der Waals surface area contributed by atoms with Gasteiger partial charge in [-0.2, -0.15) is 0 Å². The van der Waals surface area contributed by atoms with Crippen molar-refractivity contribution in [1.82, 2.24) is 19.9 Å². The van der Waals surface area contributed by atoms with Crippen molar-refractivity contribution < 1.29 is 9.53 Å². The van der Waals surface area contributed by atoms with Crippen molar-refractivity contribution in [3.8, 4) is 5.82 Å². The van der Waals surface area contributed by atoms with Crippen LogP contribution in [0.1, 0.15) is 23.2 Å². The number of amides is 1. The van der Waals surface area contributed by atoms with E-state index in [-0.39, 0.29) is 11.9 Å². The monoisotopic (exact) mass is 272 g/mol. The first-order valence-electron chi connectivity index (χ1n) is 6.66. The highest BCUT2D eigenvalue weighted by Crippen LogP contribution is 2.09. The van der Waals surface area contributed by atoms with E-state index >= 15 is 0 Å². The van der Waals surface area contributed by atoms with Gasteiger partial charge in [0.1, 0.15) is 12.1 Å². The van der Waals surface area contributed by atoms with Gasteiger partial charge in [0.2, 0.25) is 0 Å². The van der Waals surface area contributed by atoms with Crippen molar-refractivity contribution in [3.05, 3.63) is 42.6 Å². The molecule has 2 aromatic heterocycles. The van der Waals surface area contributed by atoms with Gasteiger partial charge in [-0.05, 0) is 25.0 Å². The number of hydrogen-bond donors (Lipinski definition) is 1. The molecule has 1 aliphatic rings. The fourth-order valence-corrected chi connectivity index (χ4v) is 2.18. The van der Waals surface area contributed by atoms with Crippen LogP contribution < -0.4 is 5.32 Å². The molecular formula is C14H16N4O2. The van der Waals surface area contributed by atoms with Gasteiger partial charge in [0.05, 0.1) is 5.56 Å². The molecule has 0 spiro atoms. The summed E-state index contributed by atoms with van der Waals surface area (Å²) in [6.45, 7) is 1.42. The van der Waals surface area contributed by atoms with Crippen LogP contribution >= 0.6 is 0 Å². The molecular weight excluding hydrogens is 256 g/mol. The standard InChI is InChI=1S/C14H16N4O2/c19-14(17-12-3-7-20-8-4-12)11-1-2-13(16-9-11)18-6-5-15-10-18/h1-2,5-6,9-10,12H,3-4,7-8H2,(H,17,19). The summed E-state index contributed by atoms with van der Waals surface area (Å²) in [5, 5.41) is 3.01. The highest BCUT2D eigenvalue weighted by Gasteiger charge is 2.17. The SMILES string of the molecule is O=C(NC1CCOCC1)c1ccc(-n2ccnc2)nc1. The predicted octanol–water partition coefficient (Wildman–Crippen LogP) is 1.18. The van der Waals surface area contributed by atoms with Crippen molar-refractivity contribution in [2.24, 2.45) is 0 Å². The molecule has 1 fully saturated rings. The second-order valence-corrected chi connectivity index (χ2v) is 4.74. The van der Waals surface area contributed by atoms with Gasteiger partial charge in [0, 0.05) is 37.8 Å². The van der Waals surface area contributed by atoms with Crippen LogP contribution in [0, 0.1) is 0 Å². The lowest BCUT2D eigenvalue weighted by atomic mass is 10.1. The van der Waals surface area contributed by atoms with Crippen molar-refractivity contribution >= 4 is 5.91 Å². The highest BCUT2D eigenvalue weighted by atomic mass is 16.5. The largest absolute Gasteiger partial charge is 0.381 e. The minimum absolute atomic E-state index is 0.0819. The Kier molecular flexibility index (Phi) is 3.73. The zero-order valence-electron chi connectivity index (χ0n) is 11.0. The predicted molar refractivity (Wildman–Crippen MR) is 72.7 cm³/mol. The van der Waals surface area contributed by atoms with Crippen LogP contribution in [-0.2, 0) is 4.74 Å². The van der Waals surface area contributed by atoms with Gasteiger partial charge in [0.25, 0.3) is 5.91 Å². The van der Waals surface area contributed by atoms with Crippen LogP contribution in [-0.4, -0.2) is 39.7 Å². The topological polar surface area (TPSA) is 69.0 Å². The van der Waals surface area contributed by atoms with Gasteiger partial charge < -0.3 is 10.1 Å². The van der Waals surface area contributed by atoms with Crippen LogP contribution in [0.15, 0.2) is 37.1 Å². The first-order valence-corrected chi connectivity index (χ1v) is 6.66. The lowest BCUT2D eigenvalue weighted by Gasteiger charge is -2.23. The number of ether oxygens (including phenoxy) is 1. The van der Waals surface area contributed by atoms with Crippen LogP contribution in [0.25, 0.3) is 5.82 Å². The summed E-state index contributed by atoms with van der Waals surface area (Å²) in [5.74, 6) is 0.659. The Hall–Kier alpha value is -2.21. The van der Waals surface area contributed by atoms with Crippen molar-refractivity contribution in [2.75, 3.05) is 13.2 Å². The summed E-state index contributed by atoms with van der Waals surface area (Å²) >= 11 is 0. The number of hydrogen-bond acceptors (Lipinski definition) is 4. The second kappa shape index (κ2) is 5.83. The maximum Gasteiger partial charge on any atom is 0.253 e. The summed E-state index contributed by atoms with van der Waals surface area (Å²) in [4.78, 5) is 20.3. The normalized spacial score (nSPS) is 16.0. The van der Waals surface area contributed by atoms with E-state index in [0.717, 1.165) is 18.7 Å². The van der Waals surface area contributed by atoms with Gasteiger partial charge in [-0.15, -0.1) is 0 Å². The Labute approximate surface area is 116 Å². The molecule has 3 rings (SSSR count). The quantitative estimate of drug-likeness (QED) is 0.911. The number of pyridine rings is 1. The molecule has 20 heavy (non-hydrogen) atoms. The Morgan fingerprint density at radius 1 is 1.35 bits per heavy atom. The molecule has 6 heteroatoms. The minimum atomic E-state index is -0.0819. The molecule has 0 unspecified atom stereocenters. The summed E-state index contributed by atoms with van der Waals surface area (Å²) in [7, 11) is 0. The molecule has 104 valence electrons. The van der Waals surface area contributed by atoms with Crippen LogP contribution in [0.5, 0.6) is 0 Å². The van der Waals surface area contributed by atoms with Gasteiger partial charge >= 0.3 is 0 Å². The molecule has 6 nitrogen and oxygen atoms in total. The first-order chi connectivity index (χ1) is 9.83. The van der Waals surface area contributed by atoms with Gasteiger partial charge in [-0.25, -0.2) is 9.97 Å². The molecule has 1 aliphatic heterocycles. The Morgan fingerprint density at radius 3 is 2.85 bits per heavy atom. The molecule has 1 saturated heterocycles. The van der Waals surface area contributed by atoms with E-state index in [1.165, 1.54) is 0 Å². The Morgan fingerprint density at radius 2 is 2.20 bits per heavy atom. The van der Waals surface area contributed by atoms with E-state index in [0.29, 0.717) is 18.8 Å². The zero-order chi connectivity index (χ0) is 13.8. The highest BCUT2D eigenvalue weighted by molar-refractivity contribution is 5.94. The molecule has 1 N–H and O–H groups in total. The van der Waals surface area contributed by atoms with Crippen LogP contribution in [0.3, 0.4) is 0 Å². The Bertz CT molecular complexity index is 559. The van der Waals surface area contributed by atoms with E-state index in [1.54, 1.807) is 35.4 Å². The van der Waals surface area contributed by atoms with Gasteiger partial charge in [-0.3, -0.25) is 9.36 Å². The number of imidazole rings is 1. The molecule has 0 aromatic carbocycles. The van der Waals surface area contributed by atoms with Crippen molar-refractivity contribution in [3.63, 3.8) is 0 Å². The molecule has 0 atom stereocenters. The third kappa shape index (κ3) is 2.85. The molecule has 0 saturated carbocycles. The smallest absolute Gasteiger partial charge is 0.253 e. The lowest BCUT2D eigenvalue weighted by molar-refractivity contribution is 0.0696. The number of rotatable bonds is 3. The lowest BCUT2D eigenvalue weighted by Crippen LogP contribution is -2.38. The molecule has 0 bridgehead atoms. The van der Waals surface area contributed by atoms with E-state index in [9.17, 15) is 4.79 Å². The fourth-order valence-electron chi connectivity index (χ4n) is 2.18. The van der Waals surface area contributed by atoms with Crippen molar-refractivity contribution in [1.29, 1.82) is 0 Å². The molecule has 0 radical (unpaired) electrons. The molecule has 1 amide bonds. The van der Waals surface area contributed by atoms with Crippen LogP contribution in [0.4, 0.5) is 0 Å². The van der Waals surface area contributed by atoms with Crippen LogP contribution in [0.2, 0.25) is 0 Å². The maximum atomic E-state index is 12.1. The third-order valence-corrected chi connectivity index (χ3v) is 3.34. The number of carbonyl (C=O) groups excluding carboxylic acids is 1. The molecule has 3 heterocycles. The number of carbonyl (C=O) groups is 1. The van der Waals surface area contributed by atoms with Gasteiger partial charge in [0.15, 0.2) is 0 Å². The fraction of sp³-hybridized carbons (Fsp3) is 0.357. The molecule has 0 aliphatic carbocycles. The first kappa shape index (κ1) is 12.8. The summed E-state index contributed by atoms with van der Waals surface area (Å²) in [5.41, 5.74) is 0.570. The number of aromatic nitrogens is 3. The third-order valence-electron chi connectivity index (χ3n) is 3.34. The Balaban J connectivity index is 1.66. The maximum absolute atomic E-state index is 12.1. The van der Waals surface area contributed by atoms with Gasteiger partial charge in [-0.1, -0.05) is 0 Å². The number of nitrogens with zero attached hydrogens (tertiary/aromatic N) is 3. The van der Waals surface area contributed by atoms with E-state index in [1.807, 2.05) is 6.20 Å². The average Bonchev–Trinajstić information content (AvgIpc) is 3.03. The van der Waals surface area contributed by atoms with Crippen molar-refractivity contribution in [2.45, 2.75) is 18.9 Å². The average molecular weight is 272 g/mol. The molecule has 2 aromatic rings. The number of nitrogens with one attached hydrogen (secondary N) is 1. The van der Waals surface area contributed by atoms with E-state index < -0.39 is 0 Å². The minimum Gasteiger partial charge on any atom is -0.381 e. The second-order valence-electron chi connectivity index (χ2n) is 4.74. The van der Waals surface area contributed by atoms with E-state index in [2.05, 4.69) is 15.3 Å². The summed E-state index contributed by atoms with van der Waals surface area (Å²) < 4.78 is 7.06. The summed E-state index contributed by atoms with van der Waals surface area (Å²) in [6.07, 6.45) is 8.49. The zero-order valence-corrected chi connectivity index (χ0v) is 11.0.